The lowest BCUT2D eigenvalue weighted by molar-refractivity contribution is -0.136. The van der Waals surface area contributed by atoms with Crippen molar-refractivity contribution in [1.82, 2.24) is 5.32 Å². The summed E-state index contributed by atoms with van der Waals surface area (Å²) < 4.78 is 0. The normalized spacial score (nSPS) is 10.5. The molecule has 0 aromatic carbocycles. The van der Waals surface area contributed by atoms with E-state index in [4.69, 9.17) is 10.2 Å². The van der Waals surface area contributed by atoms with Gasteiger partial charge in [-0.1, -0.05) is 6.58 Å². The molecule has 0 aliphatic carbocycles. The summed E-state index contributed by atoms with van der Waals surface area (Å²) in [5, 5.41) is 18.6. The Morgan fingerprint density at radius 2 is 1.79 bits per heavy atom. The van der Waals surface area contributed by atoms with E-state index in [1.807, 2.05) is 5.32 Å². The molecule has 0 atom stereocenters. The van der Waals surface area contributed by atoms with Gasteiger partial charge in [-0.05, 0) is 6.92 Å². The van der Waals surface area contributed by atoms with Gasteiger partial charge >= 0.3 is 11.9 Å². The first-order valence-corrected chi connectivity index (χ1v) is 3.49. The third kappa shape index (κ3) is 4.05. The summed E-state index contributed by atoms with van der Waals surface area (Å²) in [6, 6.07) is 0. The molecular weight excluding hydrogens is 190 g/mol. The molecule has 76 valence electrons. The van der Waals surface area contributed by atoms with Gasteiger partial charge in [-0.3, -0.25) is 4.79 Å². The van der Waals surface area contributed by atoms with Crippen LogP contribution in [0.15, 0.2) is 23.9 Å². The number of hydrogen-bond acceptors (Lipinski definition) is 3. The Balaban J connectivity index is 4.72. The predicted molar refractivity (Wildman–Crippen MR) is 46.3 cm³/mol. The second kappa shape index (κ2) is 4.80. The van der Waals surface area contributed by atoms with Crippen LogP contribution in [-0.2, 0) is 14.4 Å². The smallest absolute Gasteiger partial charge is 0.352 e. The molecule has 14 heavy (non-hydrogen) atoms. The van der Waals surface area contributed by atoms with Crippen LogP contribution in [0.5, 0.6) is 0 Å². The molecule has 0 saturated carbocycles. The van der Waals surface area contributed by atoms with Crippen molar-refractivity contribution in [1.29, 1.82) is 0 Å². The van der Waals surface area contributed by atoms with E-state index in [1.165, 1.54) is 6.92 Å². The van der Waals surface area contributed by atoms with Gasteiger partial charge in [0.05, 0.1) is 6.08 Å². The van der Waals surface area contributed by atoms with Gasteiger partial charge in [0.2, 0.25) is 0 Å². The van der Waals surface area contributed by atoms with Crippen LogP contribution in [0.2, 0.25) is 0 Å². The zero-order valence-corrected chi connectivity index (χ0v) is 7.40. The highest BCUT2D eigenvalue weighted by atomic mass is 16.4. The van der Waals surface area contributed by atoms with Crippen molar-refractivity contribution in [2.45, 2.75) is 6.92 Å². The molecule has 6 heteroatoms. The average molecular weight is 199 g/mol. The lowest BCUT2D eigenvalue weighted by atomic mass is 10.3. The van der Waals surface area contributed by atoms with E-state index in [0.717, 1.165) is 0 Å². The van der Waals surface area contributed by atoms with Crippen molar-refractivity contribution < 1.29 is 24.6 Å². The summed E-state index contributed by atoms with van der Waals surface area (Å²) in [6.07, 6.45) is 0.392. The molecule has 1 amide bonds. The van der Waals surface area contributed by atoms with Gasteiger partial charge in [0.25, 0.3) is 5.91 Å². The number of carboxylic acids is 2. The van der Waals surface area contributed by atoms with Gasteiger partial charge in [0, 0.05) is 5.57 Å². The summed E-state index contributed by atoms with van der Waals surface area (Å²) in [5.41, 5.74) is -0.618. The van der Waals surface area contributed by atoms with Crippen LogP contribution in [-0.4, -0.2) is 28.1 Å². The Labute approximate surface area is 79.5 Å². The van der Waals surface area contributed by atoms with E-state index >= 15 is 0 Å². The minimum Gasteiger partial charge on any atom is -0.478 e. The first-order valence-electron chi connectivity index (χ1n) is 3.49. The van der Waals surface area contributed by atoms with Crippen LogP contribution in [0.25, 0.3) is 0 Å². The molecule has 0 fully saturated rings. The third-order valence-corrected chi connectivity index (χ3v) is 1.13. The van der Waals surface area contributed by atoms with Crippen molar-refractivity contribution in [2.75, 3.05) is 0 Å². The van der Waals surface area contributed by atoms with Crippen LogP contribution in [0.4, 0.5) is 0 Å². The molecule has 0 heterocycles. The van der Waals surface area contributed by atoms with Crippen molar-refractivity contribution in [3.8, 4) is 0 Å². The Bertz CT molecular complexity index is 329. The number of nitrogens with one attached hydrogen (secondary N) is 1. The number of carboxylic acid groups (broad SMARTS) is 2. The Morgan fingerprint density at radius 1 is 1.29 bits per heavy atom. The average Bonchev–Trinajstić information content (AvgIpc) is 2.01. The molecule has 0 aliphatic rings. The SMILES string of the molecule is C=C(C)C(=O)N/C(=C\C(=O)O)C(=O)O. The number of amides is 1. The molecule has 0 bridgehead atoms. The minimum atomic E-state index is -1.53. The number of carbonyl (C=O) groups is 3. The second-order valence-electron chi connectivity index (χ2n) is 2.44. The molecule has 0 aromatic heterocycles. The summed E-state index contributed by atoms with van der Waals surface area (Å²) >= 11 is 0. The van der Waals surface area contributed by atoms with Crippen molar-refractivity contribution in [2.24, 2.45) is 0 Å². The Hall–Kier alpha value is -2.11. The van der Waals surface area contributed by atoms with E-state index in [9.17, 15) is 14.4 Å². The fourth-order valence-electron chi connectivity index (χ4n) is 0.504. The van der Waals surface area contributed by atoms with Crippen LogP contribution < -0.4 is 5.32 Å². The van der Waals surface area contributed by atoms with E-state index in [-0.39, 0.29) is 5.57 Å². The third-order valence-electron chi connectivity index (χ3n) is 1.13. The quantitative estimate of drug-likeness (QED) is 0.541. The molecule has 6 nitrogen and oxygen atoms in total. The molecule has 0 rings (SSSR count). The maximum atomic E-state index is 10.9. The maximum absolute atomic E-state index is 10.9. The highest BCUT2D eigenvalue weighted by molar-refractivity contribution is 6.02. The second-order valence-corrected chi connectivity index (χ2v) is 2.44. The topological polar surface area (TPSA) is 104 Å². The van der Waals surface area contributed by atoms with E-state index in [2.05, 4.69) is 6.58 Å². The van der Waals surface area contributed by atoms with Gasteiger partial charge < -0.3 is 15.5 Å². The van der Waals surface area contributed by atoms with Crippen molar-refractivity contribution in [3.63, 3.8) is 0 Å². The highest BCUT2D eigenvalue weighted by Gasteiger charge is 2.13. The Kier molecular flexibility index (Phi) is 4.08. The van der Waals surface area contributed by atoms with E-state index < -0.39 is 23.5 Å². The number of hydrogen-bond donors (Lipinski definition) is 3. The van der Waals surface area contributed by atoms with E-state index in [1.54, 1.807) is 0 Å². The maximum Gasteiger partial charge on any atom is 0.352 e. The van der Waals surface area contributed by atoms with Crippen molar-refractivity contribution >= 4 is 17.8 Å². The van der Waals surface area contributed by atoms with Crippen LogP contribution >= 0.6 is 0 Å². The van der Waals surface area contributed by atoms with Crippen LogP contribution in [0.1, 0.15) is 6.92 Å². The standard InChI is InChI=1S/C8H9NO5/c1-4(2)7(12)9-5(8(13)14)3-6(10)11/h3H,1H2,2H3,(H,9,12)(H,10,11)(H,13,14)/b5-3-. The zero-order valence-electron chi connectivity index (χ0n) is 7.40. The first kappa shape index (κ1) is 11.9. The monoisotopic (exact) mass is 199 g/mol. The fourth-order valence-corrected chi connectivity index (χ4v) is 0.504. The summed E-state index contributed by atoms with van der Waals surface area (Å²) in [4.78, 5) is 31.5. The molecule has 0 radical (unpaired) electrons. The van der Waals surface area contributed by atoms with Gasteiger partial charge in [-0.25, -0.2) is 9.59 Å². The largest absolute Gasteiger partial charge is 0.478 e. The molecule has 3 N–H and O–H groups in total. The van der Waals surface area contributed by atoms with Crippen molar-refractivity contribution in [3.05, 3.63) is 23.9 Å². The number of aliphatic carboxylic acids is 2. The predicted octanol–water partition coefficient (Wildman–Crippen LogP) is -0.268. The molecule has 0 saturated heterocycles. The highest BCUT2D eigenvalue weighted by Crippen LogP contribution is 1.93. The van der Waals surface area contributed by atoms with Gasteiger partial charge in [0.15, 0.2) is 0 Å². The first-order chi connectivity index (χ1) is 6.34. The van der Waals surface area contributed by atoms with Crippen LogP contribution in [0.3, 0.4) is 0 Å². The number of carbonyl (C=O) groups excluding carboxylic acids is 1. The summed E-state index contributed by atoms with van der Waals surface area (Å²) in [7, 11) is 0. The Morgan fingerprint density at radius 3 is 2.07 bits per heavy atom. The van der Waals surface area contributed by atoms with Crippen LogP contribution in [0, 0.1) is 0 Å². The zero-order chi connectivity index (χ0) is 11.3. The molecule has 0 aliphatic heterocycles. The minimum absolute atomic E-state index is 0.0857. The number of rotatable bonds is 4. The van der Waals surface area contributed by atoms with Gasteiger partial charge in [-0.15, -0.1) is 0 Å². The summed E-state index contributed by atoms with van der Waals surface area (Å²) in [5.74, 6) is -3.72. The fraction of sp³-hybridized carbons (Fsp3) is 0.125. The molecular formula is C8H9NO5. The molecule has 0 spiro atoms. The van der Waals surface area contributed by atoms with Gasteiger partial charge in [0.1, 0.15) is 5.70 Å². The van der Waals surface area contributed by atoms with Gasteiger partial charge in [-0.2, -0.15) is 0 Å². The lowest BCUT2D eigenvalue weighted by Gasteiger charge is -2.03. The summed E-state index contributed by atoms with van der Waals surface area (Å²) in [6.45, 7) is 4.64. The van der Waals surface area contributed by atoms with E-state index in [0.29, 0.717) is 6.08 Å². The lowest BCUT2D eigenvalue weighted by Crippen LogP contribution is -2.28. The molecule has 0 aromatic rings. The molecule has 0 unspecified atom stereocenters.